The molecule has 0 rings (SSSR count). The third-order valence-corrected chi connectivity index (χ3v) is 1.18. The average molecular weight is 178 g/mol. The maximum Gasteiger partial charge on any atom is 0.433 e. The number of esters is 1. The van der Waals surface area contributed by atoms with Gasteiger partial charge in [0.05, 0.1) is 7.11 Å². The van der Waals surface area contributed by atoms with E-state index in [0.29, 0.717) is 0 Å². The first-order valence-corrected chi connectivity index (χ1v) is 2.97. The van der Waals surface area contributed by atoms with E-state index < -0.39 is 11.9 Å². The van der Waals surface area contributed by atoms with Crippen molar-refractivity contribution in [2.75, 3.05) is 21.3 Å². The first-order chi connectivity index (χ1) is 5.66. The number of ether oxygens (including phenoxy) is 4. The highest BCUT2D eigenvalue weighted by molar-refractivity contribution is 5.77. The molecule has 0 fully saturated rings. The lowest BCUT2D eigenvalue weighted by atomic mass is 10.5. The van der Waals surface area contributed by atoms with Gasteiger partial charge in [0.15, 0.2) is 0 Å². The fourth-order valence-electron chi connectivity index (χ4n) is 0.583. The third-order valence-electron chi connectivity index (χ3n) is 1.18. The zero-order chi connectivity index (χ0) is 9.61. The number of methoxy groups -OCH3 is 3. The Kier molecular flexibility index (Phi) is 4.24. The summed E-state index contributed by atoms with van der Waals surface area (Å²) in [6.07, 6.45) is 0. The summed E-state index contributed by atoms with van der Waals surface area (Å²) in [6, 6.07) is 0. The van der Waals surface area contributed by atoms with Crippen molar-refractivity contribution in [2.45, 2.75) is 5.97 Å². The van der Waals surface area contributed by atoms with Crippen LogP contribution >= 0.6 is 0 Å². The molecule has 0 radical (unpaired) electrons. The lowest BCUT2D eigenvalue weighted by molar-refractivity contribution is -0.326. The third kappa shape index (κ3) is 1.93. The summed E-state index contributed by atoms with van der Waals surface area (Å²) in [4.78, 5) is 20.9. The zero-order valence-corrected chi connectivity index (χ0v) is 7.03. The van der Waals surface area contributed by atoms with Crippen LogP contribution in [0.2, 0.25) is 0 Å². The molecule has 0 heterocycles. The molecule has 0 unspecified atom stereocenters. The van der Waals surface area contributed by atoms with Gasteiger partial charge >= 0.3 is 11.9 Å². The fraction of sp³-hybridized carbons (Fsp3) is 0.667. The van der Waals surface area contributed by atoms with E-state index in [4.69, 9.17) is 0 Å². The molecule has 0 saturated carbocycles. The van der Waals surface area contributed by atoms with Crippen LogP contribution in [0.25, 0.3) is 0 Å². The molecule has 0 N–H and O–H groups in total. The van der Waals surface area contributed by atoms with E-state index in [1.54, 1.807) is 0 Å². The van der Waals surface area contributed by atoms with Gasteiger partial charge in [-0.3, -0.25) is 4.79 Å². The first kappa shape index (κ1) is 10.9. The zero-order valence-electron chi connectivity index (χ0n) is 7.03. The van der Waals surface area contributed by atoms with Crippen LogP contribution in [-0.4, -0.2) is 39.7 Å². The number of rotatable bonds is 5. The SMILES string of the molecule is COC(=O)C(OC)(OC)OC=O. The highest BCUT2D eigenvalue weighted by Gasteiger charge is 2.43. The second-order valence-electron chi connectivity index (χ2n) is 1.67. The summed E-state index contributed by atoms with van der Waals surface area (Å²) in [5.41, 5.74) is 0. The Morgan fingerprint density at radius 1 is 1.25 bits per heavy atom. The van der Waals surface area contributed by atoms with Crippen molar-refractivity contribution in [3.63, 3.8) is 0 Å². The molecule has 0 aromatic rings. The van der Waals surface area contributed by atoms with Gasteiger partial charge in [0.25, 0.3) is 6.47 Å². The summed E-state index contributed by atoms with van der Waals surface area (Å²) in [7, 11) is 3.40. The highest BCUT2D eigenvalue weighted by atomic mass is 16.9. The first-order valence-electron chi connectivity index (χ1n) is 2.97. The van der Waals surface area contributed by atoms with Gasteiger partial charge in [-0.05, 0) is 0 Å². The summed E-state index contributed by atoms with van der Waals surface area (Å²) >= 11 is 0. The van der Waals surface area contributed by atoms with Crippen LogP contribution in [-0.2, 0) is 28.5 Å². The molecule has 0 amide bonds. The van der Waals surface area contributed by atoms with Crippen molar-refractivity contribution >= 4 is 12.4 Å². The van der Waals surface area contributed by atoms with Gasteiger partial charge in [-0.15, -0.1) is 0 Å². The number of carbonyl (C=O) groups is 2. The Balaban J connectivity index is 4.55. The molecule has 0 aliphatic heterocycles. The van der Waals surface area contributed by atoms with Crippen molar-refractivity contribution in [3.05, 3.63) is 0 Å². The highest BCUT2D eigenvalue weighted by Crippen LogP contribution is 2.13. The van der Waals surface area contributed by atoms with Crippen LogP contribution in [0.3, 0.4) is 0 Å². The Morgan fingerprint density at radius 2 is 1.75 bits per heavy atom. The minimum Gasteiger partial charge on any atom is -0.462 e. The molecule has 0 aliphatic carbocycles. The molecule has 70 valence electrons. The molecule has 0 aliphatic rings. The second kappa shape index (κ2) is 4.68. The maximum absolute atomic E-state index is 10.9. The molecule has 12 heavy (non-hydrogen) atoms. The molecule has 0 spiro atoms. The molecular weight excluding hydrogens is 168 g/mol. The van der Waals surface area contributed by atoms with Crippen LogP contribution in [0.4, 0.5) is 0 Å². The molecule has 0 bridgehead atoms. The lowest BCUT2D eigenvalue weighted by Gasteiger charge is -2.23. The smallest absolute Gasteiger partial charge is 0.433 e. The second-order valence-corrected chi connectivity index (χ2v) is 1.67. The van der Waals surface area contributed by atoms with E-state index in [-0.39, 0.29) is 6.47 Å². The quantitative estimate of drug-likeness (QED) is 0.314. The maximum atomic E-state index is 10.9. The Hall–Kier alpha value is -1.14. The van der Waals surface area contributed by atoms with Crippen molar-refractivity contribution in [3.8, 4) is 0 Å². The van der Waals surface area contributed by atoms with E-state index in [9.17, 15) is 9.59 Å². The predicted molar refractivity (Wildman–Crippen MR) is 35.9 cm³/mol. The normalized spacial score (nSPS) is 10.6. The number of hydrogen-bond acceptors (Lipinski definition) is 6. The summed E-state index contributed by atoms with van der Waals surface area (Å²) < 4.78 is 17.6. The molecule has 0 saturated heterocycles. The van der Waals surface area contributed by atoms with E-state index in [2.05, 4.69) is 18.9 Å². The van der Waals surface area contributed by atoms with Crippen LogP contribution in [0, 0.1) is 0 Å². The van der Waals surface area contributed by atoms with Crippen molar-refractivity contribution < 1.29 is 28.5 Å². The van der Waals surface area contributed by atoms with Gasteiger partial charge < -0.3 is 18.9 Å². The van der Waals surface area contributed by atoms with Crippen molar-refractivity contribution in [1.29, 1.82) is 0 Å². The Morgan fingerprint density at radius 3 is 2.00 bits per heavy atom. The molecular formula is C6H10O6. The van der Waals surface area contributed by atoms with Crippen LogP contribution in [0.5, 0.6) is 0 Å². The van der Waals surface area contributed by atoms with Crippen molar-refractivity contribution in [2.24, 2.45) is 0 Å². The molecule has 6 nitrogen and oxygen atoms in total. The van der Waals surface area contributed by atoms with Crippen molar-refractivity contribution in [1.82, 2.24) is 0 Å². The van der Waals surface area contributed by atoms with E-state index in [1.165, 1.54) is 0 Å². The summed E-state index contributed by atoms with van der Waals surface area (Å²) in [5, 5.41) is 0. The van der Waals surface area contributed by atoms with Crippen LogP contribution in [0.15, 0.2) is 0 Å². The Labute approximate surface area is 69.3 Å². The van der Waals surface area contributed by atoms with E-state index in [0.717, 1.165) is 21.3 Å². The largest absolute Gasteiger partial charge is 0.462 e. The molecule has 0 aromatic heterocycles. The minimum atomic E-state index is -2.09. The monoisotopic (exact) mass is 178 g/mol. The van der Waals surface area contributed by atoms with Gasteiger partial charge in [-0.2, -0.15) is 0 Å². The van der Waals surface area contributed by atoms with Gasteiger partial charge in [-0.1, -0.05) is 0 Å². The minimum absolute atomic E-state index is 0.0317. The lowest BCUT2D eigenvalue weighted by Crippen LogP contribution is -2.46. The standard InChI is InChI=1S/C6H10O6/c1-9-5(8)6(10-2,11-3)12-4-7/h4H,1-3H3. The fourth-order valence-corrected chi connectivity index (χ4v) is 0.583. The Bertz CT molecular complexity index is 161. The summed E-state index contributed by atoms with van der Waals surface area (Å²) in [6.45, 7) is 0.0317. The van der Waals surface area contributed by atoms with Gasteiger partial charge in [0.2, 0.25) is 0 Å². The van der Waals surface area contributed by atoms with Gasteiger partial charge in [0, 0.05) is 14.2 Å². The number of carbonyl (C=O) groups excluding carboxylic acids is 2. The van der Waals surface area contributed by atoms with Gasteiger partial charge in [0.1, 0.15) is 0 Å². The summed E-state index contributed by atoms with van der Waals surface area (Å²) in [5.74, 6) is -3.03. The molecule has 0 aromatic carbocycles. The van der Waals surface area contributed by atoms with E-state index >= 15 is 0 Å². The number of hydrogen-bond donors (Lipinski definition) is 0. The van der Waals surface area contributed by atoms with Crippen LogP contribution in [0.1, 0.15) is 0 Å². The van der Waals surface area contributed by atoms with Gasteiger partial charge in [-0.25, -0.2) is 4.79 Å². The predicted octanol–water partition coefficient (Wildman–Crippen LogP) is -0.721. The average Bonchev–Trinajstić information content (AvgIpc) is 2.13. The topological polar surface area (TPSA) is 71.1 Å². The molecule has 0 atom stereocenters. The van der Waals surface area contributed by atoms with E-state index in [1.807, 2.05) is 0 Å². The molecule has 6 heteroatoms. The van der Waals surface area contributed by atoms with Crippen LogP contribution < -0.4 is 0 Å².